The highest BCUT2D eigenvalue weighted by Gasteiger charge is 2.35. The first-order chi connectivity index (χ1) is 13.0. The molecule has 1 aromatic carbocycles. The van der Waals surface area contributed by atoms with Gasteiger partial charge in [0, 0.05) is 32.2 Å². The number of carbonyl (C=O) groups excluding carboxylic acids is 1. The number of hydrogen-bond acceptors (Lipinski definition) is 5. The summed E-state index contributed by atoms with van der Waals surface area (Å²) < 4.78 is 33.5. The van der Waals surface area contributed by atoms with Crippen LogP contribution in [0.15, 0.2) is 29.2 Å². The molecule has 2 fully saturated rings. The lowest BCUT2D eigenvalue weighted by Crippen LogP contribution is -2.51. The molecule has 1 heterocycles. The molecule has 1 N–H and O–H groups in total. The lowest BCUT2D eigenvalue weighted by molar-refractivity contribution is -0.132. The number of rotatable bonds is 7. The van der Waals surface area contributed by atoms with E-state index in [2.05, 4.69) is 5.32 Å². The van der Waals surface area contributed by atoms with Gasteiger partial charge in [0.05, 0.1) is 18.0 Å². The van der Waals surface area contributed by atoms with Crippen LogP contribution >= 0.6 is 0 Å². The van der Waals surface area contributed by atoms with Gasteiger partial charge >= 0.3 is 0 Å². The van der Waals surface area contributed by atoms with Crippen molar-refractivity contribution in [3.63, 3.8) is 0 Å². The van der Waals surface area contributed by atoms with Gasteiger partial charge in [-0.25, -0.2) is 8.42 Å². The Labute approximate surface area is 161 Å². The summed E-state index contributed by atoms with van der Waals surface area (Å²) in [5, 5.41) is 3.21. The summed E-state index contributed by atoms with van der Waals surface area (Å²) in [4.78, 5) is 14.7. The molecule has 0 bridgehead atoms. The Morgan fingerprint density at radius 1 is 1.19 bits per heavy atom. The predicted octanol–water partition coefficient (Wildman–Crippen LogP) is 1.45. The van der Waals surface area contributed by atoms with Crippen LogP contribution in [-0.4, -0.2) is 68.9 Å². The molecule has 2 aliphatic rings. The maximum atomic E-state index is 13.3. The van der Waals surface area contributed by atoms with Crippen LogP contribution in [0.1, 0.15) is 32.6 Å². The number of carbonyl (C=O) groups is 1. The molecule has 0 radical (unpaired) electrons. The molecule has 8 heteroatoms. The average Bonchev–Trinajstić information content (AvgIpc) is 3.21. The monoisotopic (exact) mass is 395 g/mol. The van der Waals surface area contributed by atoms with E-state index >= 15 is 0 Å². The summed E-state index contributed by atoms with van der Waals surface area (Å²) in [5.41, 5.74) is 0. The van der Waals surface area contributed by atoms with Crippen molar-refractivity contribution in [1.82, 2.24) is 14.5 Å². The van der Waals surface area contributed by atoms with E-state index in [1.54, 1.807) is 29.2 Å². The Balaban J connectivity index is 1.81. The summed E-state index contributed by atoms with van der Waals surface area (Å²) in [5.74, 6) is 0.527. The zero-order valence-corrected chi connectivity index (χ0v) is 16.7. The van der Waals surface area contributed by atoms with Gasteiger partial charge in [-0.15, -0.1) is 0 Å². The second kappa shape index (κ2) is 9.03. The van der Waals surface area contributed by atoms with Gasteiger partial charge < -0.3 is 15.0 Å². The van der Waals surface area contributed by atoms with E-state index < -0.39 is 10.0 Å². The molecular weight excluding hydrogens is 366 g/mol. The molecule has 0 unspecified atom stereocenters. The molecule has 3 rings (SSSR count). The van der Waals surface area contributed by atoms with Gasteiger partial charge in [-0.05, 0) is 44.0 Å². The minimum Gasteiger partial charge on any atom is -0.494 e. The molecule has 150 valence electrons. The molecule has 1 saturated heterocycles. The molecule has 1 aromatic rings. The van der Waals surface area contributed by atoms with Crippen LogP contribution < -0.4 is 10.1 Å². The van der Waals surface area contributed by atoms with Crippen molar-refractivity contribution in [2.75, 3.05) is 39.3 Å². The number of sulfonamides is 1. The molecule has 0 atom stereocenters. The van der Waals surface area contributed by atoms with Gasteiger partial charge in [-0.3, -0.25) is 4.79 Å². The third kappa shape index (κ3) is 4.80. The van der Waals surface area contributed by atoms with Crippen LogP contribution in [0.5, 0.6) is 5.75 Å². The number of nitrogens with zero attached hydrogens (tertiary/aromatic N) is 2. The summed E-state index contributed by atoms with van der Waals surface area (Å²) in [6.07, 6.45) is 3.62. The van der Waals surface area contributed by atoms with Gasteiger partial charge in [-0.1, -0.05) is 12.8 Å². The van der Waals surface area contributed by atoms with Crippen LogP contribution in [0, 0.1) is 0 Å². The summed E-state index contributed by atoms with van der Waals surface area (Å²) >= 11 is 0. The fourth-order valence-electron chi connectivity index (χ4n) is 3.76. The van der Waals surface area contributed by atoms with E-state index in [0.717, 1.165) is 38.8 Å². The van der Waals surface area contributed by atoms with Gasteiger partial charge in [0.2, 0.25) is 15.9 Å². The Bertz CT molecular complexity index is 724. The first-order valence-corrected chi connectivity index (χ1v) is 11.2. The zero-order chi connectivity index (χ0) is 19.3. The van der Waals surface area contributed by atoms with E-state index in [-0.39, 0.29) is 23.4 Å². The molecule has 0 aromatic heterocycles. The van der Waals surface area contributed by atoms with E-state index in [4.69, 9.17) is 4.74 Å². The largest absolute Gasteiger partial charge is 0.494 e. The Kier molecular flexibility index (Phi) is 6.73. The molecule has 0 spiro atoms. The second-order valence-electron chi connectivity index (χ2n) is 7.02. The number of ether oxygens (including phenoxy) is 1. The summed E-state index contributed by atoms with van der Waals surface area (Å²) in [7, 11) is -3.74. The quantitative estimate of drug-likeness (QED) is 0.756. The number of amides is 1. The lowest BCUT2D eigenvalue weighted by atomic mass is 10.2. The van der Waals surface area contributed by atoms with Gasteiger partial charge in [0.25, 0.3) is 0 Å². The topological polar surface area (TPSA) is 79.0 Å². The minimum atomic E-state index is -3.74. The van der Waals surface area contributed by atoms with Gasteiger partial charge in [0.1, 0.15) is 5.75 Å². The highest BCUT2D eigenvalue weighted by Crippen LogP contribution is 2.29. The van der Waals surface area contributed by atoms with E-state index in [1.165, 1.54) is 4.31 Å². The first kappa shape index (κ1) is 20.1. The predicted molar refractivity (Wildman–Crippen MR) is 103 cm³/mol. The average molecular weight is 396 g/mol. The fourth-order valence-corrected chi connectivity index (χ4v) is 5.39. The lowest BCUT2D eigenvalue weighted by Gasteiger charge is -2.32. The van der Waals surface area contributed by atoms with Crippen LogP contribution in [0.2, 0.25) is 0 Å². The maximum Gasteiger partial charge on any atom is 0.243 e. The molecule has 27 heavy (non-hydrogen) atoms. The highest BCUT2D eigenvalue weighted by molar-refractivity contribution is 7.89. The zero-order valence-electron chi connectivity index (χ0n) is 15.9. The number of piperazine rings is 1. The first-order valence-electron chi connectivity index (χ1n) is 9.75. The Hall–Kier alpha value is -1.64. The summed E-state index contributed by atoms with van der Waals surface area (Å²) in [6, 6.07) is 6.37. The molecule has 7 nitrogen and oxygen atoms in total. The van der Waals surface area contributed by atoms with Gasteiger partial charge in [0.15, 0.2) is 0 Å². The van der Waals surface area contributed by atoms with Crippen molar-refractivity contribution in [3.8, 4) is 5.75 Å². The Morgan fingerprint density at radius 3 is 2.41 bits per heavy atom. The van der Waals surface area contributed by atoms with Crippen molar-refractivity contribution in [2.45, 2.75) is 43.5 Å². The molecule has 1 amide bonds. The van der Waals surface area contributed by atoms with Crippen LogP contribution in [0.4, 0.5) is 0 Å². The van der Waals surface area contributed by atoms with E-state index in [0.29, 0.717) is 25.4 Å². The summed E-state index contributed by atoms with van der Waals surface area (Å²) in [6.45, 7) is 5.08. The van der Waals surface area contributed by atoms with E-state index in [1.807, 2.05) is 6.92 Å². The normalized spacial score (nSPS) is 18.8. The molecule has 1 aliphatic carbocycles. The van der Waals surface area contributed by atoms with Crippen molar-refractivity contribution in [3.05, 3.63) is 24.3 Å². The van der Waals surface area contributed by atoms with Crippen molar-refractivity contribution in [1.29, 1.82) is 0 Å². The number of nitrogens with one attached hydrogen (secondary N) is 1. The molecule has 1 saturated carbocycles. The fraction of sp³-hybridized carbons (Fsp3) is 0.632. The highest BCUT2D eigenvalue weighted by atomic mass is 32.2. The third-order valence-corrected chi connectivity index (χ3v) is 7.15. The smallest absolute Gasteiger partial charge is 0.243 e. The Morgan fingerprint density at radius 2 is 1.81 bits per heavy atom. The SMILES string of the molecule is CCOc1ccc(S(=O)(=O)N(CC(=O)N2CCNCC2)C2CCCC2)cc1. The van der Waals surface area contributed by atoms with Crippen LogP contribution in [0.3, 0.4) is 0 Å². The standard InChI is InChI=1S/C19H29N3O4S/c1-2-26-17-7-9-18(10-8-17)27(24,25)22(16-5-3-4-6-16)15-19(23)21-13-11-20-12-14-21/h7-10,16,20H,2-6,11-15H2,1H3. The van der Waals surface area contributed by atoms with Gasteiger partial charge in [-0.2, -0.15) is 4.31 Å². The van der Waals surface area contributed by atoms with Crippen LogP contribution in [-0.2, 0) is 14.8 Å². The second-order valence-corrected chi connectivity index (χ2v) is 8.91. The van der Waals surface area contributed by atoms with Crippen molar-refractivity contribution in [2.24, 2.45) is 0 Å². The van der Waals surface area contributed by atoms with Crippen molar-refractivity contribution >= 4 is 15.9 Å². The van der Waals surface area contributed by atoms with E-state index in [9.17, 15) is 13.2 Å². The minimum absolute atomic E-state index is 0.0831. The number of hydrogen-bond donors (Lipinski definition) is 1. The maximum absolute atomic E-state index is 13.3. The van der Waals surface area contributed by atoms with Crippen molar-refractivity contribution < 1.29 is 17.9 Å². The third-order valence-electron chi connectivity index (χ3n) is 5.23. The molecular formula is C19H29N3O4S. The number of benzene rings is 1. The van der Waals surface area contributed by atoms with Crippen LogP contribution in [0.25, 0.3) is 0 Å². The molecule has 1 aliphatic heterocycles.